The lowest BCUT2D eigenvalue weighted by Gasteiger charge is -2.37. The molecule has 0 atom stereocenters. The van der Waals surface area contributed by atoms with Crippen LogP contribution in [0.2, 0.25) is 0 Å². The summed E-state index contributed by atoms with van der Waals surface area (Å²) >= 11 is 0. The third kappa shape index (κ3) is 2.69. The topological polar surface area (TPSA) is 15.3 Å². The molecule has 0 unspecified atom stereocenters. The average molecular weight is 246 g/mol. The van der Waals surface area contributed by atoms with Crippen molar-refractivity contribution < 1.29 is 0 Å². The van der Waals surface area contributed by atoms with Gasteiger partial charge in [-0.1, -0.05) is 32.0 Å². The zero-order valence-electron chi connectivity index (χ0n) is 12.2. The van der Waals surface area contributed by atoms with Gasteiger partial charge in [0.25, 0.3) is 0 Å². The molecule has 1 aliphatic rings. The van der Waals surface area contributed by atoms with Crippen molar-refractivity contribution in [1.29, 1.82) is 0 Å². The molecule has 2 heteroatoms. The van der Waals surface area contributed by atoms with Crippen molar-refractivity contribution in [2.45, 2.75) is 58.7 Å². The summed E-state index contributed by atoms with van der Waals surface area (Å²) in [5.74, 6) is 0. The lowest BCUT2D eigenvalue weighted by atomic mass is 10.0. The summed E-state index contributed by atoms with van der Waals surface area (Å²) in [5.41, 5.74) is 3.01. The Hall–Kier alpha value is -1.02. The van der Waals surface area contributed by atoms with E-state index >= 15 is 0 Å². The van der Waals surface area contributed by atoms with Gasteiger partial charge in [0.1, 0.15) is 0 Å². The molecule has 0 saturated carbocycles. The molecule has 18 heavy (non-hydrogen) atoms. The van der Waals surface area contributed by atoms with Gasteiger partial charge in [-0.25, -0.2) is 0 Å². The van der Waals surface area contributed by atoms with Crippen molar-refractivity contribution in [2.75, 3.05) is 11.4 Å². The van der Waals surface area contributed by atoms with Gasteiger partial charge in [-0.2, -0.15) is 0 Å². The van der Waals surface area contributed by atoms with Crippen molar-refractivity contribution in [3.05, 3.63) is 29.8 Å². The molecule has 0 aliphatic carbocycles. The van der Waals surface area contributed by atoms with Crippen LogP contribution in [0.5, 0.6) is 0 Å². The van der Waals surface area contributed by atoms with Crippen LogP contribution in [0.3, 0.4) is 0 Å². The van der Waals surface area contributed by atoms with Gasteiger partial charge in [0.15, 0.2) is 0 Å². The number of nitrogens with one attached hydrogen (secondary N) is 1. The molecule has 0 fully saturated rings. The molecule has 0 spiro atoms. The summed E-state index contributed by atoms with van der Waals surface area (Å²) in [7, 11) is 0. The first-order valence-corrected chi connectivity index (χ1v) is 7.17. The predicted octanol–water partition coefficient (Wildman–Crippen LogP) is 3.56. The molecule has 2 rings (SSSR count). The van der Waals surface area contributed by atoms with E-state index in [0.717, 1.165) is 13.1 Å². The summed E-state index contributed by atoms with van der Waals surface area (Å²) in [5, 5.41) is 3.67. The third-order valence-corrected chi connectivity index (χ3v) is 4.01. The highest BCUT2D eigenvalue weighted by Crippen LogP contribution is 2.29. The maximum Gasteiger partial charge on any atom is 0.0414 e. The van der Waals surface area contributed by atoms with E-state index in [9.17, 15) is 0 Å². The van der Waals surface area contributed by atoms with Gasteiger partial charge in [0.2, 0.25) is 0 Å². The molecule has 100 valence electrons. The summed E-state index contributed by atoms with van der Waals surface area (Å²) in [4.78, 5) is 2.61. The summed E-state index contributed by atoms with van der Waals surface area (Å²) in [6.45, 7) is 11.2. The minimum atomic E-state index is 0.168. The van der Waals surface area contributed by atoms with Crippen molar-refractivity contribution in [3.63, 3.8) is 0 Å². The number of nitrogens with zero attached hydrogens (tertiary/aromatic N) is 1. The van der Waals surface area contributed by atoms with Gasteiger partial charge < -0.3 is 10.2 Å². The molecule has 2 nitrogen and oxygen atoms in total. The highest BCUT2D eigenvalue weighted by Gasteiger charge is 2.29. The fourth-order valence-electron chi connectivity index (χ4n) is 2.90. The number of anilines is 1. The van der Waals surface area contributed by atoms with Gasteiger partial charge in [0.05, 0.1) is 0 Å². The number of benzene rings is 1. The first-order valence-electron chi connectivity index (χ1n) is 7.17. The monoisotopic (exact) mass is 246 g/mol. The van der Waals surface area contributed by atoms with Crippen molar-refractivity contribution in [1.82, 2.24) is 5.32 Å². The van der Waals surface area contributed by atoms with Crippen LogP contribution in [0.25, 0.3) is 0 Å². The van der Waals surface area contributed by atoms with Crippen LogP contribution >= 0.6 is 0 Å². The molecule has 0 amide bonds. The summed E-state index contributed by atoms with van der Waals surface area (Å²) < 4.78 is 0. The molecule has 1 aliphatic heterocycles. The van der Waals surface area contributed by atoms with Crippen molar-refractivity contribution in [3.8, 4) is 0 Å². The van der Waals surface area contributed by atoms with E-state index in [1.54, 1.807) is 0 Å². The number of hydrogen-bond acceptors (Lipinski definition) is 2. The van der Waals surface area contributed by atoms with Gasteiger partial charge in [-0.3, -0.25) is 0 Å². The molecular weight excluding hydrogens is 220 g/mol. The first-order chi connectivity index (χ1) is 8.57. The number of hydrogen-bond donors (Lipinski definition) is 1. The minimum Gasteiger partial charge on any atom is -0.366 e. The van der Waals surface area contributed by atoms with E-state index < -0.39 is 0 Å². The van der Waals surface area contributed by atoms with E-state index in [1.807, 2.05) is 0 Å². The number of para-hydroxylation sites is 1. The molecule has 1 heterocycles. The molecule has 0 bridgehead atoms. The Balaban J connectivity index is 2.39. The smallest absolute Gasteiger partial charge is 0.0414 e. The van der Waals surface area contributed by atoms with Gasteiger partial charge in [-0.15, -0.1) is 0 Å². The number of rotatable bonds is 3. The third-order valence-electron chi connectivity index (χ3n) is 4.01. The fourth-order valence-corrected chi connectivity index (χ4v) is 2.90. The second-order valence-corrected chi connectivity index (χ2v) is 5.96. The van der Waals surface area contributed by atoms with E-state index in [1.165, 1.54) is 24.1 Å². The maximum atomic E-state index is 3.67. The van der Waals surface area contributed by atoms with Crippen LogP contribution < -0.4 is 10.2 Å². The first kappa shape index (κ1) is 13.4. The van der Waals surface area contributed by atoms with Crippen LogP contribution in [0.4, 0.5) is 5.69 Å². The molecular formula is C16H26N2. The van der Waals surface area contributed by atoms with Crippen LogP contribution in [0.1, 0.15) is 46.1 Å². The van der Waals surface area contributed by atoms with Crippen LogP contribution in [-0.2, 0) is 6.54 Å². The van der Waals surface area contributed by atoms with Gasteiger partial charge in [-0.05, 0) is 38.3 Å². The Bertz CT molecular complexity index is 394. The Morgan fingerprint density at radius 3 is 2.56 bits per heavy atom. The molecule has 1 aromatic carbocycles. The predicted molar refractivity (Wildman–Crippen MR) is 79.1 cm³/mol. The molecule has 1 aromatic rings. The standard InChI is InChI=1S/C16H26N2/c1-5-14(6-2)18-12-16(3,4)17-11-13-9-7-8-10-15(13)18/h7-10,14,17H,5-6,11-12H2,1-4H3. The molecule has 0 saturated heterocycles. The summed E-state index contributed by atoms with van der Waals surface area (Å²) in [6, 6.07) is 9.47. The largest absolute Gasteiger partial charge is 0.366 e. The van der Waals surface area contributed by atoms with Crippen molar-refractivity contribution in [2.24, 2.45) is 0 Å². The van der Waals surface area contributed by atoms with Gasteiger partial charge >= 0.3 is 0 Å². The van der Waals surface area contributed by atoms with Gasteiger partial charge in [0, 0.05) is 30.4 Å². The quantitative estimate of drug-likeness (QED) is 0.877. The van der Waals surface area contributed by atoms with Crippen LogP contribution in [-0.4, -0.2) is 18.1 Å². The second kappa shape index (κ2) is 5.31. The Labute approximate surface area is 111 Å². The van der Waals surface area contributed by atoms with Crippen LogP contribution in [0.15, 0.2) is 24.3 Å². The maximum absolute atomic E-state index is 3.67. The van der Waals surface area contributed by atoms with E-state index in [-0.39, 0.29) is 5.54 Å². The highest BCUT2D eigenvalue weighted by molar-refractivity contribution is 5.55. The van der Waals surface area contributed by atoms with E-state index in [4.69, 9.17) is 0 Å². The number of fused-ring (bicyclic) bond motifs is 1. The van der Waals surface area contributed by atoms with Crippen molar-refractivity contribution >= 4 is 5.69 Å². The lowest BCUT2D eigenvalue weighted by molar-refractivity contribution is 0.379. The highest BCUT2D eigenvalue weighted by atomic mass is 15.2. The lowest BCUT2D eigenvalue weighted by Crippen LogP contribution is -2.49. The van der Waals surface area contributed by atoms with Crippen LogP contribution in [0, 0.1) is 0 Å². The van der Waals surface area contributed by atoms with E-state index in [2.05, 4.69) is 62.2 Å². The SMILES string of the molecule is CCC(CC)N1CC(C)(C)NCc2ccccc21. The Kier molecular flexibility index (Phi) is 3.96. The zero-order valence-corrected chi connectivity index (χ0v) is 12.2. The average Bonchev–Trinajstić information content (AvgIpc) is 2.49. The normalized spacial score (nSPS) is 18.6. The minimum absolute atomic E-state index is 0.168. The van der Waals surface area contributed by atoms with E-state index in [0.29, 0.717) is 6.04 Å². The summed E-state index contributed by atoms with van der Waals surface area (Å²) in [6.07, 6.45) is 2.42. The molecule has 0 aromatic heterocycles. The Morgan fingerprint density at radius 2 is 1.89 bits per heavy atom. The molecule has 0 radical (unpaired) electrons. The zero-order chi connectivity index (χ0) is 13.2. The Morgan fingerprint density at radius 1 is 1.22 bits per heavy atom. The fraction of sp³-hybridized carbons (Fsp3) is 0.625. The second-order valence-electron chi connectivity index (χ2n) is 5.96. The molecule has 1 N–H and O–H groups in total.